The van der Waals surface area contributed by atoms with Crippen molar-refractivity contribution in [2.45, 2.75) is 12.6 Å². The van der Waals surface area contributed by atoms with Gasteiger partial charge < -0.3 is 9.73 Å². The zero-order chi connectivity index (χ0) is 17.1. The number of pyridine rings is 1. The van der Waals surface area contributed by atoms with Gasteiger partial charge in [0, 0.05) is 48.1 Å². The molecule has 0 radical (unpaired) electrons. The van der Waals surface area contributed by atoms with Crippen molar-refractivity contribution in [2.75, 3.05) is 19.6 Å². The summed E-state index contributed by atoms with van der Waals surface area (Å²) in [5.74, 6) is 1.55. The molecule has 1 aliphatic rings. The number of piperazine rings is 1. The topological polar surface area (TPSA) is 54.2 Å². The van der Waals surface area contributed by atoms with E-state index in [1.54, 1.807) is 6.20 Å². The van der Waals surface area contributed by atoms with Gasteiger partial charge in [-0.15, -0.1) is 24.8 Å². The highest BCUT2D eigenvalue weighted by Crippen LogP contribution is 2.26. The SMILES string of the molecule is Brc1ccc(-c2cnc(CN3CCNCC3c3cccnc3)o2)cc1.Cl.Cl. The van der Waals surface area contributed by atoms with E-state index in [4.69, 9.17) is 4.42 Å². The van der Waals surface area contributed by atoms with Crippen molar-refractivity contribution in [1.29, 1.82) is 0 Å². The highest BCUT2D eigenvalue weighted by atomic mass is 79.9. The number of halogens is 3. The van der Waals surface area contributed by atoms with Gasteiger partial charge in [0.25, 0.3) is 0 Å². The average molecular weight is 472 g/mol. The van der Waals surface area contributed by atoms with Gasteiger partial charge in [0.1, 0.15) is 0 Å². The summed E-state index contributed by atoms with van der Waals surface area (Å²) in [6.07, 6.45) is 5.55. The Kier molecular flexibility index (Phi) is 8.26. The van der Waals surface area contributed by atoms with E-state index >= 15 is 0 Å². The molecule has 1 unspecified atom stereocenters. The summed E-state index contributed by atoms with van der Waals surface area (Å²) >= 11 is 3.45. The summed E-state index contributed by atoms with van der Waals surface area (Å²) < 4.78 is 7.04. The van der Waals surface area contributed by atoms with Gasteiger partial charge in [0.15, 0.2) is 5.76 Å². The highest BCUT2D eigenvalue weighted by molar-refractivity contribution is 9.10. The Morgan fingerprint density at radius 1 is 1.15 bits per heavy atom. The Morgan fingerprint density at radius 2 is 1.96 bits per heavy atom. The molecule has 0 bridgehead atoms. The molecule has 1 aromatic carbocycles. The van der Waals surface area contributed by atoms with E-state index < -0.39 is 0 Å². The fraction of sp³-hybridized carbons (Fsp3) is 0.263. The largest absolute Gasteiger partial charge is 0.439 e. The molecular weight excluding hydrogens is 451 g/mol. The summed E-state index contributed by atoms with van der Waals surface area (Å²) in [5.41, 5.74) is 2.25. The molecule has 2 aromatic heterocycles. The zero-order valence-corrected chi connectivity index (χ0v) is 17.8. The summed E-state index contributed by atoms with van der Waals surface area (Å²) in [5, 5.41) is 3.46. The van der Waals surface area contributed by atoms with E-state index in [1.165, 1.54) is 5.56 Å². The number of rotatable bonds is 4. The number of hydrogen-bond donors (Lipinski definition) is 1. The number of oxazole rings is 1. The lowest BCUT2D eigenvalue weighted by Crippen LogP contribution is -2.45. The Balaban J connectivity index is 0.00000131. The monoisotopic (exact) mass is 470 g/mol. The van der Waals surface area contributed by atoms with E-state index in [9.17, 15) is 0 Å². The fourth-order valence-electron chi connectivity index (χ4n) is 3.14. The van der Waals surface area contributed by atoms with Gasteiger partial charge in [0.05, 0.1) is 12.7 Å². The van der Waals surface area contributed by atoms with Gasteiger partial charge in [-0.3, -0.25) is 9.88 Å². The lowest BCUT2D eigenvalue weighted by molar-refractivity contribution is 0.140. The molecule has 5 nitrogen and oxygen atoms in total. The van der Waals surface area contributed by atoms with Gasteiger partial charge in [-0.2, -0.15) is 0 Å². The predicted octanol–water partition coefficient (Wildman–Crippen LogP) is 4.49. The van der Waals surface area contributed by atoms with Crippen LogP contribution in [0.15, 0.2) is 63.9 Å². The standard InChI is InChI=1S/C19H19BrN4O.2ClH/c20-16-5-3-14(4-6-16)18-12-23-19(25-18)13-24-9-8-22-11-17(24)15-2-1-7-21-10-15;;/h1-7,10,12,17,22H,8-9,11,13H2;2*1H. The number of aromatic nitrogens is 2. The first-order chi connectivity index (χ1) is 12.3. The van der Waals surface area contributed by atoms with Crippen molar-refractivity contribution in [1.82, 2.24) is 20.2 Å². The molecule has 4 rings (SSSR count). The van der Waals surface area contributed by atoms with Crippen LogP contribution in [0, 0.1) is 0 Å². The van der Waals surface area contributed by atoms with Crippen molar-refractivity contribution in [3.05, 3.63) is 70.9 Å². The molecule has 1 N–H and O–H groups in total. The number of nitrogens with zero attached hydrogens (tertiary/aromatic N) is 3. The van der Waals surface area contributed by atoms with Crippen LogP contribution in [0.2, 0.25) is 0 Å². The first-order valence-electron chi connectivity index (χ1n) is 8.35. The molecule has 0 spiro atoms. The molecule has 1 saturated heterocycles. The Hall–Kier alpha value is -1.44. The number of hydrogen-bond acceptors (Lipinski definition) is 5. The maximum atomic E-state index is 5.99. The molecular formula is C19H21BrCl2N4O. The number of benzene rings is 1. The van der Waals surface area contributed by atoms with Gasteiger partial charge in [-0.1, -0.05) is 34.1 Å². The van der Waals surface area contributed by atoms with Gasteiger partial charge in [0.2, 0.25) is 5.89 Å². The van der Waals surface area contributed by atoms with E-state index in [2.05, 4.69) is 42.2 Å². The Morgan fingerprint density at radius 3 is 2.70 bits per heavy atom. The quantitative estimate of drug-likeness (QED) is 0.607. The molecule has 8 heteroatoms. The molecule has 3 heterocycles. The Labute approximate surface area is 179 Å². The summed E-state index contributed by atoms with van der Waals surface area (Å²) in [6.45, 7) is 3.52. The van der Waals surface area contributed by atoms with Crippen LogP contribution in [-0.4, -0.2) is 34.5 Å². The second-order valence-corrected chi connectivity index (χ2v) is 7.02. The van der Waals surface area contributed by atoms with Crippen LogP contribution in [-0.2, 0) is 6.54 Å². The minimum Gasteiger partial charge on any atom is -0.439 e. The van der Waals surface area contributed by atoms with Crippen molar-refractivity contribution < 1.29 is 4.42 Å². The molecule has 27 heavy (non-hydrogen) atoms. The van der Waals surface area contributed by atoms with E-state index in [1.807, 2.05) is 42.7 Å². The van der Waals surface area contributed by atoms with E-state index in [0.717, 1.165) is 41.3 Å². The smallest absolute Gasteiger partial charge is 0.209 e. The minimum atomic E-state index is 0. The van der Waals surface area contributed by atoms with Crippen LogP contribution >= 0.6 is 40.7 Å². The maximum absolute atomic E-state index is 5.99. The van der Waals surface area contributed by atoms with E-state index in [0.29, 0.717) is 6.54 Å². The molecule has 3 aromatic rings. The third-order valence-corrected chi connectivity index (χ3v) is 4.97. The highest BCUT2D eigenvalue weighted by Gasteiger charge is 2.25. The van der Waals surface area contributed by atoms with Crippen molar-refractivity contribution in [3.8, 4) is 11.3 Å². The maximum Gasteiger partial charge on any atom is 0.209 e. The van der Waals surface area contributed by atoms with Crippen LogP contribution in [0.1, 0.15) is 17.5 Å². The van der Waals surface area contributed by atoms with Crippen LogP contribution in [0.4, 0.5) is 0 Å². The van der Waals surface area contributed by atoms with Gasteiger partial charge in [-0.25, -0.2) is 4.98 Å². The van der Waals surface area contributed by atoms with Gasteiger partial charge in [-0.05, 0) is 23.8 Å². The lowest BCUT2D eigenvalue weighted by Gasteiger charge is -2.35. The van der Waals surface area contributed by atoms with Crippen LogP contribution in [0.5, 0.6) is 0 Å². The number of nitrogens with one attached hydrogen (secondary N) is 1. The molecule has 0 saturated carbocycles. The summed E-state index contributed by atoms with van der Waals surface area (Å²) in [6, 6.07) is 12.5. The normalized spacial score (nSPS) is 17.0. The molecule has 1 fully saturated rings. The van der Waals surface area contributed by atoms with Crippen molar-refractivity contribution in [3.63, 3.8) is 0 Å². The molecule has 1 aliphatic heterocycles. The predicted molar refractivity (Wildman–Crippen MR) is 114 cm³/mol. The van der Waals surface area contributed by atoms with Crippen LogP contribution in [0.25, 0.3) is 11.3 Å². The fourth-order valence-corrected chi connectivity index (χ4v) is 3.41. The average Bonchev–Trinajstić information content (AvgIpc) is 3.12. The lowest BCUT2D eigenvalue weighted by atomic mass is 10.1. The third kappa shape index (κ3) is 5.30. The summed E-state index contributed by atoms with van der Waals surface area (Å²) in [7, 11) is 0. The minimum absolute atomic E-state index is 0. The van der Waals surface area contributed by atoms with Crippen LogP contribution < -0.4 is 5.32 Å². The second kappa shape index (κ2) is 10.2. The molecule has 1 atom stereocenters. The van der Waals surface area contributed by atoms with E-state index in [-0.39, 0.29) is 30.9 Å². The molecule has 0 aliphatic carbocycles. The van der Waals surface area contributed by atoms with Gasteiger partial charge >= 0.3 is 0 Å². The Bertz CT molecular complexity index is 829. The first-order valence-corrected chi connectivity index (χ1v) is 9.14. The van der Waals surface area contributed by atoms with Crippen LogP contribution in [0.3, 0.4) is 0 Å². The second-order valence-electron chi connectivity index (χ2n) is 6.10. The van der Waals surface area contributed by atoms with Crippen molar-refractivity contribution >= 4 is 40.7 Å². The zero-order valence-electron chi connectivity index (χ0n) is 14.5. The third-order valence-electron chi connectivity index (χ3n) is 4.44. The first kappa shape index (κ1) is 21.9. The molecule has 0 amide bonds. The van der Waals surface area contributed by atoms with Crippen molar-refractivity contribution in [2.24, 2.45) is 0 Å². The summed E-state index contributed by atoms with van der Waals surface area (Å²) in [4.78, 5) is 11.1. The molecule has 144 valence electrons.